The minimum atomic E-state index is -0.515. The van der Waals surface area contributed by atoms with Crippen molar-refractivity contribution >= 4 is 16.9 Å². The Kier molecular flexibility index (Phi) is 5.76. The molecule has 27 heavy (non-hydrogen) atoms. The van der Waals surface area contributed by atoms with Crippen LogP contribution < -0.4 is 15.1 Å². The fourth-order valence-electron chi connectivity index (χ4n) is 2.59. The molecule has 0 N–H and O–H groups in total. The van der Waals surface area contributed by atoms with E-state index >= 15 is 0 Å². The van der Waals surface area contributed by atoms with E-state index in [2.05, 4.69) is 0 Å². The lowest BCUT2D eigenvalue weighted by atomic mass is 10.1. The van der Waals surface area contributed by atoms with Crippen molar-refractivity contribution in [3.63, 3.8) is 0 Å². The van der Waals surface area contributed by atoms with Crippen molar-refractivity contribution in [2.24, 2.45) is 0 Å². The molecule has 1 heterocycles. The third-order valence-electron chi connectivity index (χ3n) is 3.96. The van der Waals surface area contributed by atoms with Crippen LogP contribution in [-0.2, 0) is 11.3 Å². The first-order valence-corrected chi connectivity index (χ1v) is 8.61. The van der Waals surface area contributed by atoms with Gasteiger partial charge in [0, 0.05) is 23.1 Å². The molecule has 6 nitrogen and oxygen atoms in total. The highest BCUT2D eigenvalue weighted by Gasteiger charge is 2.11. The predicted molar refractivity (Wildman–Crippen MR) is 100 cm³/mol. The summed E-state index contributed by atoms with van der Waals surface area (Å²) in [5, 5.41) is 0.687. The summed E-state index contributed by atoms with van der Waals surface area (Å²) in [7, 11) is 1.53. The van der Waals surface area contributed by atoms with E-state index in [0.29, 0.717) is 40.2 Å². The molecule has 0 radical (unpaired) electrons. The van der Waals surface area contributed by atoms with Crippen molar-refractivity contribution in [3.8, 4) is 11.5 Å². The van der Waals surface area contributed by atoms with Crippen molar-refractivity contribution < 1.29 is 23.4 Å². The Morgan fingerprint density at radius 1 is 1.04 bits per heavy atom. The molecule has 0 spiro atoms. The summed E-state index contributed by atoms with van der Waals surface area (Å²) in [4.78, 5) is 24.1. The molecule has 0 unspecified atom stereocenters. The molecule has 3 aromatic rings. The molecule has 0 saturated carbocycles. The average Bonchev–Trinajstić information content (AvgIpc) is 2.69. The topological polar surface area (TPSA) is 75.0 Å². The number of esters is 1. The molecule has 2 aromatic carbocycles. The molecular formula is C21H20O6. The molecule has 0 aliphatic carbocycles. The Hall–Kier alpha value is -3.28. The van der Waals surface area contributed by atoms with Crippen molar-refractivity contribution in [3.05, 3.63) is 70.1 Å². The van der Waals surface area contributed by atoms with Gasteiger partial charge in [0.15, 0.2) is 0 Å². The first-order valence-electron chi connectivity index (χ1n) is 8.61. The minimum absolute atomic E-state index is 0.0403. The van der Waals surface area contributed by atoms with Crippen LogP contribution in [0.1, 0.15) is 29.3 Å². The largest absolute Gasteiger partial charge is 0.497 e. The maximum absolute atomic E-state index is 12.3. The summed E-state index contributed by atoms with van der Waals surface area (Å²) >= 11 is 0. The zero-order valence-electron chi connectivity index (χ0n) is 15.2. The van der Waals surface area contributed by atoms with Gasteiger partial charge in [-0.1, -0.05) is 6.92 Å². The zero-order chi connectivity index (χ0) is 19.2. The fourth-order valence-corrected chi connectivity index (χ4v) is 2.59. The third-order valence-corrected chi connectivity index (χ3v) is 3.96. The number of rotatable bonds is 7. The van der Waals surface area contributed by atoms with Gasteiger partial charge in [0.2, 0.25) is 0 Å². The highest BCUT2D eigenvalue weighted by molar-refractivity contribution is 5.90. The van der Waals surface area contributed by atoms with E-state index in [-0.39, 0.29) is 6.61 Å². The number of benzene rings is 2. The van der Waals surface area contributed by atoms with Gasteiger partial charge >= 0.3 is 11.6 Å². The Morgan fingerprint density at radius 3 is 2.48 bits per heavy atom. The Bertz CT molecular complexity index is 988. The highest BCUT2D eigenvalue weighted by atomic mass is 16.5. The van der Waals surface area contributed by atoms with Crippen molar-refractivity contribution in [1.82, 2.24) is 0 Å². The van der Waals surface area contributed by atoms with Crippen LogP contribution in [0.5, 0.6) is 11.5 Å². The molecule has 0 saturated heterocycles. The van der Waals surface area contributed by atoms with Gasteiger partial charge in [0.05, 0.1) is 19.3 Å². The smallest absolute Gasteiger partial charge is 0.338 e. The lowest BCUT2D eigenvalue weighted by Crippen LogP contribution is -2.08. The molecule has 0 aliphatic rings. The maximum atomic E-state index is 12.3. The average molecular weight is 368 g/mol. The van der Waals surface area contributed by atoms with Gasteiger partial charge in [0.25, 0.3) is 0 Å². The molecule has 6 heteroatoms. The molecule has 0 fully saturated rings. The first kappa shape index (κ1) is 18.5. The quantitative estimate of drug-likeness (QED) is 0.464. The number of carbonyl (C=O) groups is 1. The van der Waals surface area contributed by atoms with Gasteiger partial charge in [0.1, 0.15) is 23.7 Å². The van der Waals surface area contributed by atoms with Crippen LogP contribution in [0.15, 0.2) is 57.7 Å². The predicted octanol–water partition coefficient (Wildman–Crippen LogP) is 3.95. The molecule has 3 rings (SSSR count). The summed E-state index contributed by atoms with van der Waals surface area (Å²) < 4.78 is 21.2. The standard InChI is InChI=1S/C21H20O6/c1-3-10-25-16-6-4-14(5-7-16)21(23)26-13-15-11-20(22)27-19-12-17(24-2)8-9-18(15)19/h4-9,11-12H,3,10,13H2,1-2H3. The third kappa shape index (κ3) is 4.47. The van der Waals surface area contributed by atoms with Gasteiger partial charge in [-0.15, -0.1) is 0 Å². The van der Waals surface area contributed by atoms with Crippen LogP contribution in [0.3, 0.4) is 0 Å². The molecule has 1 aromatic heterocycles. The van der Waals surface area contributed by atoms with E-state index in [1.165, 1.54) is 13.2 Å². The number of fused-ring (bicyclic) bond motifs is 1. The van der Waals surface area contributed by atoms with Gasteiger partial charge in [-0.3, -0.25) is 0 Å². The molecule has 0 aliphatic heterocycles. The van der Waals surface area contributed by atoms with E-state index in [4.69, 9.17) is 18.6 Å². The maximum Gasteiger partial charge on any atom is 0.338 e. The summed E-state index contributed by atoms with van der Waals surface area (Å²) in [5.74, 6) is 0.797. The van der Waals surface area contributed by atoms with E-state index in [1.807, 2.05) is 6.92 Å². The minimum Gasteiger partial charge on any atom is -0.497 e. The molecule has 0 bridgehead atoms. The van der Waals surface area contributed by atoms with Crippen LogP contribution in [0.4, 0.5) is 0 Å². The number of carbonyl (C=O) groups excluding carboxylic acids is 1. The second kappa shape index (κ2) is 8.40. The van der Waals surface area contributed by atoms with Gasteiger partial charge < -0.3 is 18.6 Å². The lowest BCUT2D eigenvalue weighted by Gasteiger charge is -2.09. The van der Waals surface area contributed by atoms with E-state index in [1.54, 1.807) is 42.5 Å². The SMILES string of the molecule is CCCOc1ccc(C(=O)OCc2cc(=O)oc3cc(OC)ccc23)cc1. The second-order valence-electron chi connectivity index (χ2n) is 5.90. The Labute approximate surface area is 156 Å². The molecule has 0 amide bonds. The lowest BCUT2D eigenvalue weighted by molar-refractivity contribution is 0.0474. The van der Waals surface area contributed by atoms with Crippen LogP contribution in [0.25, 0.3) is 11.0 Å². The van der Waals surface area contributed by atoms with Crippen LogP contribution in [0.2, 0.25) is 0 Å². The van der Waals surface area contributed by atoms with Crippen LogP contribution in [0, 0.1) is 0 Å². The molecule has 0 atom stereocenters. The summed E-state index contributed by atoms with van der Waals surface area (Å²) in [6, 6.07) is 13.2. The molecular weight excluding hydrogens is 348 g/mol. The number of methoxy groups -OCH3 is 1. The normalized spacial score (nSPS) is 10.6. The fraction of sp³-hybridized carbons (Fsp3) is 0.238. The van der Waals surface area contributed by atoms with E-state index < -0.39 is 11.6 Å². The Balaban J connectivity index is 1.74. The van der Waals surface area contributed by atoms with Crippen molar-refractivity contribution in [2.75, 3.05) is 13.7 Å². The van der Waals surface area contributed by atoms with E-state index in [9.17, 15) is 9.59 Å². The van der Waals surface area contributed by atoms with Gasteiger partial charge in [-0.05, 0) is 42.8 Å². The summed E-state index contributed by atoms with van der Waals surface area (Å²) in [6.45, 7) is 2.61. The van der Waals surface area contributed by atoms with E-state index in [0.717, 1.165) is 6.42 Å². The number of hydrogen-bond donors (Lipinski definition) is 0. The van der Waals surface area contributed by atoms with Crippen LogP contribution >= 0.6 is 0 Å². The van der Waals surface area contributed by atoms with Crippen molar-refractivity contribution in [2.45, 2.75) is 20.0 Å². The highest BCUT2D eigenvalue weighted by Crippen LogP contribution is 2.23. The van der Waals surface area contributed by atoms with Crippen molar-refractivity contribution in [1.29, 1.82) is 0 Å². The monoisotopic (exact) mass is 368 g/mol. The Morgan fingerprint density at radius 2 is 1.78 bits per heavy atom. The summed E-state index contributed by atoms with van der Waals surface area (Å²) in [5.41, 5.74) is 0.845. The second-order valence-corrected chi connectivity index (χ2v) is 5.90. The zero-order valence-corrected chi connectivity index (χ0v) is 15.2. The number of ether oxygens (including phenoxy) is 3. The number of hydrogen-bond acceptors (Lipinski definition) is 6. The molecule has 140 valence electrons. The van der Waals surface area contributed by atoms with Gasteiger partial charge in [-0.25, -0.2) is 9.59 Å². The van der Waals surface area contributed by atoms with Gasteiger partial charge in [-0.2, -0.15) is 0 Å². The first-order chi connectivity index (χ1) is 13.1. The summed E-state index contributed by atoms with van der Waals surface area (Å²) in [6.07, 6.45) is 0.911. The van der Waals surface area contributed by atoms with Crippen LogP contribution in [-0.4, -0.2) is 19.7 Å².